The summed E-state index contributed by atoms with van der Waals surface area (Å²) in [5, 5.41) is 1.94. The summed E-state index contributed by atoms with van der Waals surface area (Å²) in [6.07, 6.45) is 3.02. The Kier molecular flexibility index (Phi) is 4.36. The van der Waals surface area contributed by atoms with Crippen LogP contribution in [0.2, 0.25) is 0 Å². The van der Waals surface area contributed by atoms with Crippen molar-refractivity contribution >= 4 is 5.91 Å². The van der Waals surface area contributed by atoms with Crippen molar-refractivity contribution in [3.63, 3.8) is 0 Å². The van der Waals surface area contributed by atoms with Crippen molar-refractivity contribution in [1.82, 2.24) is 10.4 Å². The summed E-state index contributed by atoms with van der Waals surface area (Å²) in [6.45, 7) is 5.11. The summed E-state index contributed by atoms with van der Waals surface area (Å²) in [4.78, 5) is 12.1. The second-order valence-electron chi connectivity index (χ2n) is 5.26. The number of carbonyl (C=O) groups is 1. The molecule has 5 heteroatoms. The van der Waals surface area contributed by atoms with Crippen LogP contribution in [0.4, 0.5) is 0 Å². The minimum absolute atomic E-state index is 0.0206. The highest BCUT2D eigenvalue weighted by Gasteiger charge is 2.32. The zero-order chi connectivity index (χ0) is 12.3. The number of ether oxygens (including phenoxy) is 1. The summed E-state index contributed by atoms with van der Waals surface area (Å²) in [6, 6.07) is 0.0206. The lowest BCUT2D eigenvalue weighted by Crippen LogP contribution is -2.53. The molecule has 0 aromatic carbocycles. The van der Waals surface area contributed by atoms with Crippen molar-refractivity contribution in [2.45, 2.75) is 32.2 Å². The molecule has 98 valence electrons. The fourth-order valence-corrected chi connectivity index (χ4v) is 2.62. The lowest BCUT2D eigenvalue weighted by Gasteiger charge is -2.34. The smallest absolute Gasteiger partial charge is 0.238 e. The van der Waals surface area contributed by atoms with E-state index < -0.39 is 0 Å². The average Bonchev–Trinajstić information content (AvgIpc) is 2.33. The lowest BCUT2D eigenvalue weighted by atomic mass is 9.79. The molecule has 1 saturated heterocycles. The number of nitrogens with one attached hydrogen (secondary N) is 1. The summed E-state index contributed by atoms with van der Waals surface area (Å²) < 4.78 is 5.25. The molecule has 0 bridgehead atoms. The molecule has 1 heterocycles. The molecule has 0 radical (unpaired) electrons. The van der Waals surface area contributed by atoms with E-state index >= 15 is 0 Å². The number of hydrogen-bond acceptors (Lipinski definition) is 4. The van der Waals surface area contributed by atoms with Crippen LogP contribution in [-0.4, -0.2) is 43.3 Å². The van der Waals surface area contributed by atoms with E-state index in [-0.39, 0.29) is 17.9 Å². The van der Waals surface area contributed by atoms with Gasteiger partial charge in [-0.1, -0.05) is 6.92 Å². The van der Waals surface area contributed by atoms with Crippen LogP contribution in [0.25, 0.3) is 0 Å². The molecule has 0 spiro atoms. The van der Waals surface area contributed by atoms with E-state index in [2.05, 4.69) is 12.3 Å². The molecule has 3 unspecified atom stereocenters. The van der Waals surface area contributed by atoms with Gasteiger partial charge in [-0.2, -0.15) is 0 Å². The first kappa shape index (κ1) is 12.8. The fraction of sp³-hybridized carbons (Fsp3) is 0.917. The molecule has 1 aliphatic carbocycles. The predicted octanol–water partition coefficient (Wildman–Crippen LogP) is 0.113. The van der Waals surface area contributed by atoms with Crippen LogP contribution in [0.5, 0.6) is 0 Å². The van der Waals surface area contributed by atoms with Crippen LogP contribution in [0.3, 0.4) is 0 Å². The van der Waals surface area contributed by atoms with Crippen molar-refractivity contribution in [2.24, 2.45) is 17.6 Å². The maximum atomic E-state index is 12.1. The second kappa shape index (κ2) is 5.80. The quantitative estimate of drug-likeness (QED) is 0.720. The number of carbonyl (C=O) groups excluding carboxylic acids is 1. The number of rotatable bonds is 2. The first-order valence-corrected chi connectivity index (χ1v) is 6.55. The van der Waals surface area contributed by atoms with Gasteiger partial charge in [0.1, 0.15) is 0 Å². The van der Waals surface area contributed by atoms with Crippen molar-refractivity contribution < 1.29 is 9.53 Å². The van der Waals surface area contributed by atoms with Gasteiger partial charge in [-0.25, -0.2) is 5.01 Å². The third-order valence-corrected chi connectivity index (χ3v) is 3.78. The maximum Gasteiger partial charge on any atom is 0.238 e. The third-order valence-electron chi connectivity index (χ3n) is 3.78. The Balaban J connectivity index is 1.85. The Labute approximate surface area is 103 Å². The number of nitrogens with zero attached hydrogens (tertiary/aromatic N) is 1. The SMILES string of the molecule is CC1CCC(N)C(C(=O)NN2CCOCC2)C1. The summed E-state index contributed by atoms with van der Waals surface area (Å²) in [5.41, 5.74) is 9.02. The van der Waals surface area contributed by atoms with Gasteiger partial charge in [0.15, 0.2) is 0 Å². The second-order valence-corrected chi connectivity index (χ2v) is 5.26. The van der Waals surface area contributed by atoms with Crippen molar-refractivity contribution in [3.8, 4) is 0 Å². The lowest BCUT2D eigenvalue weighted by molar-refractivity contribution is -0.134. The molecular weight excluding hydrogens is 218 g/mol. The van der Waals surface area contributed by atoms with Crippen LogP contribution < -0.4 is 11.2 Å². The number of nitrogens with two attached hydrogens (primary N) is 1. The van der Waals surface area contributed by atoms with E-state index in [0.29, 0.717) is 19.1 Å². The van der Waals surface area contributed by atoms with Gasteiger partial charge in [0.25, 0.3) is 0 Å². The van der Waals surface area contributed by atoms with E-state index in [9.17, 15) is 4.79 Å². The third kappa shape index (κ3) is 3.40. The molecule has 2 rings (SSSR count). The Morgan fingerprint density at radius 3 is 2.76 bits per heavy atom. The molecule has 1 amide bonds. The van der Waals surface area contributed by atoms with Crippen molar-refractivity contribution in [3.05, 3.63) is 0 Å². The Hall–Kier alpha value is -0.650. The topological polar surface area (TPSA) is 67.6 Å². The van der Waals surface area contributed by atoms with Gasteiger partial charge in [0, 0.05) is 19.1 Å². The Bertz CT molecular complexity index is 266. The van der Waals surface area contributed by atoms with E-state index in [0.717, 1.165) is 32.4 Å². The molecule has 3 N–H and O–H groups in total. The van der Waals surface area contributed by atoms with Crippen LogP contribution in [0.15, 0.2) is 0 Å². The van der Waals surface area contributed by atoms with Crippen LogP contribution in [0, 0.1) is 11.8 Å². The Morgan fingerprint density at radius 2 is 2.06 bits per heavy atom. The molecule has 0 aromatic heterocycles. The summed E-state index contributed by atoms with van der Waals surface area (Å²) in [5.74, 6) is 0.669. The van der Waals surface area contributed by atoms with E-state index in [1.807, 2.05) is 5.01 Å². The van der Waals surface area contributed by atoms with Crippen LogP contribution in [0.1, 0.15) is 26.2 Å². The average molecular weight is 241 g/mol. The molecule has 1 aliphatic heterocycles. The number of amides is 1. The molecule has 2 aliphatic rings. The van der Waals surface area contributed by atoms with E-state index in [4.69, 9.17) is 10.5 Å². The highest BCUT2D eigenvalue weighted by molar-refractivity contribution is 5.79. The van der Waals surface area contributed by atoms with Gasteiger partial charge in [0.05, 0.1) is 19.1 Å². The predicted molar refractivity (Wildman–Crippen MR) is 65.0 cm³/mol. The first-order valence-electron chi connectivity index (χ1n) is 6.55. The van der Waals surface area contributed by atoms with Gasteiger partial charge in [0.2, 0.25) is 5.91 Å². The van der Waals surface area contributed by atoms with Crippen molar-refractivity contribution in [2.75, 3.05) is 26.3 Å². The van der Waals surface area contributed by atoms with Gasteiger partial charge < -0.3 is 10.5 Å². The summed E-state index contributed by atoms with van der Waals surface area (Å²) in [7, 11) is 0. The fourth-order valence-electron chi connectivity index (χ4n) is 2.62. The normalized spacial score (nSPS) is 35.5. The van der Waals surface area contributed by atoms with Crippen LogP contribution in [-0.2, 0) is 9.53 Å². The molecule has 2 fully saturated rings. The van der Waals surface area contributed by atoms with E-state index in [1.165, 1.54) is 0 Å². The standard InChI is InChI=1S/C12H23N3O2/c1-9-2-3-11(13)10(8-9)12(16)14-15-4-6-17-7-5-15/h9-11H,2-8,13H2,1H3,(H,14,16). The molecule has 1 saturated carbocycles. The van der Waals surface area contributed by atoms with Crippen molar-refractivity contribution in [1.29, 1.82) is 0 Å². The number of hydrogen-bond donors (Lipinski definition) is 2. The largest absolute Gasteiger partial charge is 0.379 e. The minimum Gasteiger partial charge on any atom is -0.379 e. The highest BCUT2D eigenvalue weighted by atomic mass is 16.5. The minimum atomic E-state index is -0.0263. The number of morpholine rings is 1. The van der Waals surface area contributed by atoms with Gasteiger partial charge >= 0.3 is 0 Å². The van der Waals surface area contributed by atoms with Gasteiger partial charge in [-0.15, -0.1) is 0 Å². The molecular formula is C12H23N3O2. The summed E-state index contributed by atoms with van der Waals surface area (Å²) >= 11 is 0. The Morgan fingerprint density at radius 1 is 1.35 bits per heavy atom. The molecule has 0 aromatic rings. The zero-order valence-electron chi connectivity index (χ0n) is 10.5. The van der Waals surface area contributed by atoms with Crippen LogP contribution >= 0.6 is 0 Å². The molecule has 17 heavy (non-hydrogen) atoms. The molecule has 5 nitrogen and oxygen atoms in total. The number of hydrazine groups is 1. The zero-order valence-corrected chi connectivity index (χ0v) is 10.5. The molecule has 3 atom stereocenters. The van der Waals surface area contributed by atoms with E-state index in [1.54, 1.807) is 0 Å². The highest BCUT2D eigenvalue weighted by Crippen LogP contribution is 2.28. The van der Waals surface area contributed by atoms with Gasteiger partial charge in [-0.05, 0) is 25.2 Å². The first-order chi connectivity index (χ1) is 8.16. The monoisotopic (exact) mass is 241 g/mol. The van der Waals surface area contributed by atoms with Gasteiger partial charge in [-0.3, -0.25) is 10.2 Å². The maximum absolute atomic E-state index is 12.1.